The van der Waals surface area contributed by atoms with Crippen LogP contribution in [0.3, 0.4) is 0 Å². The number of aromatic nitrogens is 2. The van der Waals surface area contributed by atoms with Gasteiger partial charge < -0.3 is 10.5 Å². The quantitative estimate of drug-likeness (QED) is 0.618. The van der Waals surface area contributed by atoms with Crippen LogP contribution in [0, 0.1) is 29.9 Å². The molecule has 0 bridgehead atoms. The van der Waals surface area contributed by atoms with Crippen molar-refractivity contribution in [3.63, 3.8) is 0 Å². The van der Waals surface area contributed by atoms with E-state index in [-0.39, 0.29) is 22.9 Å². The average molecular weight is 410 g/mol. The lowest BCUT2D eigenvalue weighted by atomic mass is 9.84. The number of allylic oxidation sites excluding steroid dienone is 1. The summed E-state index contributed by atoms with van der Waals surface area (Å²) >= 11 is 1.56. The first-order valence-corrected chi connectivity index (χ1v) is 9.75. The van der Waals surface area contributed by atoms with Crippen molar-refractivity contribution in [3.8, 4) is 11.9 Å². The lowest BCUT2D eigenvalue weighted by Crippen LogP contribution is -2.22. The van der Waals surface area contributed by atoms with Crippen molar-refractivity contribution in [2.45, 2.75) is 23.5 Å². The number of fused-ring (bicyclic) bond motifs is 1. The SMILES string of the molecule is Cc1ccc(SCc2[nH]nc3c2[C@@H](c2ccc(F)cc2F)C(C#N)=C(N)O3)cc1. The maximum atomic E-state index is 14.6. The highest BCUT2D eigenvalue weighted by atomic mass is 32.2. The van der Waals surface area contributed by atoms with E-state index in [0.717, 1.165) is 22.6 Å². The van der Waals surface area contributed by atoms with Crippen LogP contribution in [0.15, 0.2) is 58.8 Å². The molecule has 0 radical (unpaired) electrons. The molecule has 0 saturated heterocycles. The third kappa shape index (κ3) is 3.57. The number of hydrogen-bond donors (Lipinski definition) is 2. The molecule has 4 rings (SSSR count). The van der Waals surface area contributed by atoms with Gasteiger partial charge in [0.2, 0.25) is 11.8 Å². The van der Waals surface area contributed by atoms with Crippen LogP contribution in [0.1, 0.15) is 28.3 Å². The molecule has 0 amide bonds. The fourth-order valence-corrected chi connectivity index (χ4v) is 4.11. The fraction of sp³-hybridized carbons (Fsp3) is 0.143. The van der Waals surface area contributed by atoms with Gasteiger partial charge in [-0.25, -0.2) is 8.78 Å². The molecule has 5 nitrogen and oxygen atoms in total. The lowest BCUT2D eigenvalue weighted by molar-refractivity contribution is 0.377. The zero-order valence-electron chi connectivity index (χ0n) is 15.4. The highest BCUT2D eigenvalue weighted by Gasteiger charge is 2.36. The summed E-state index contributed by atoms with van der Waals surface area (Å²) < 4.78 is 33.5. The minimum Gasteiger partial charge on any atom is -0.420 e. The second kappa shape index (κ2) is 7.60. The van der Waals surface area contributed by atoms with Gasteiger partial charge in [-0.05, 0) is 25.1 Å². The number of thioether (sulfide) groups is 1. The molecule has 0 unspecified atom stereocenters. The number of nitriles is 1. The number of nitrogens with one attached hydrogen (secondary N) is 1. The third-order valence-corrected chi connectivity index (χ3v) is 5.73. The second-order valence-corrected chi connectivity index (χ2v) is 7.66. The molecule has 0 saturated carbocycles. The van der Waals surface area contributed by atoms with Gasteiger partial charge in [-0.3, -0.25) is 5.10 Å². The van der Waals surface area contributed by atoms with Crippen LogP contribution in [0.5, 0.6) is 5.88 Å². The Morgan fingerprint density at radius 1 is 1.24 bits per heavy atom. The van der Waals surface area contributed by atoms with Crippen LogP contribution in [-0.4, -0.2) is 10.2 Å². The Hall–Kier alpha value is -3.31. The molecule has 0 aliphatic carbocycles. The summed E-state index contributed by atoms with van der Waals surface area (Å²) in [4.78, 5) is 1.05. The van der Waals surface area contributed by atoms with E-state index in [0.29, 0.717) is 17.0 Å². The molecule has 1 aromatic heterocycles. The molecule has 1 aliphatic heterocycles. The number of nitrogens with zero attached hydrogens (tertiary/aromatic N) is 2. The molecule has 0 fully saturated rings. The molecule has 3 N–H and O–H groups in total. The Morgan fingerprint density at radius 3 is 2.69 bits per heavy atom. The minimum atomic E-state index is -0.836. The van der Waals surface area contributed by atoms with Crippen molar-refractivity contribution in [2.24, 2.45) is 5.73 Å². The summed E-state index contributed by atoms with van der Waals surface area (Å²) in [7, 11) is 0. The van der Waals surface area contributed by atoms with Crippen molar-refractivity contribution in [3.05, 3.63) is 87.9 Å². The largest absolute Gasteiger partial charge is 0.420 e. The highest BCUT2D eigenvalue weighted by molar-refractivity contribution is 7.98. The van der Waals surface area contributed by atoms with Crippen molar-refractivity contribution in [1.29, 1.82) is 5.26 Å². The molecule has 0 spiro atoms. The number of ether oxygens (including phenoxy) is 1. The summed E-state index contributed by atoms with van der Waals surface area (Å²) in [5.41, 5.74) is 8.45. The molecule has 146 valence electrons. The highest BCUT2D eigenvalue weighted by Crippen LogP contribution is 2.44. The monoisotopic (exact) mass is 410 g/mol. The van der Waals surface area contributed by atoms with Crippen LogP contribution in [0.4, 0.5) is 8.78 Å². The Morgan fingerprint density at radius 2 is 2.00 bits per heavy atom. The van der Waals surface area contributed by atoms with Crippen LogP contribution >= 0.6 is 11.8 Å². The summed E-state index contributed by atoms with van der Waals surface area (Å²) in [5, 5.41) is 16.7. The predicted octanol–water partition coefficient (Wildman–Crippen LogP) is 4.51. The molecule has 1 aliphatic rings. The summed E-state index contributed by atoms with van der Waals surface area (Å²) in [5.74, 6) is -1.75. The van der Waals surface area contributed by atoms with Crippen LogP contribution in [-0.2, 0) is 5.75 Å². The van der Waals surface area contributed by atoms with Crippen LogP contribution in [0.2, 0.25) is 0 Å². The number of aromatic amines is 1. The van der Waals surface area contributed by atoms with Gasteiger partial charge in [-0.15, -0.1) is 16.9 Å². The van der Waals surface area contributed by atoms with Crippen molar-refractivity contribution >= 4 is 11.8 Å². The topological polar surface area (TPSA) is 87.7 Å². The van der Waals surface area contributed by atoms with Gasteiger partial charge in [0.15, 0.2) is 0 Å². The standard InChI is InChI=1S/C21H16F2N4OS/c1-11-2-5-13(6-3-11)29-10-17-19-18(14-7-4-12(22)8-16(14)23)15(9-24)20(25)28-21(19)27-26-17/h2-8,18H,10,25H2,1H3,(H,26,27)/t18-/m0/s1. The first-order chi connectivity index (χ1) is 14.0. The van der Waals surface area contributed by atoms with Gasteiger partial charge in [0.1, 0.15) is 23.3 Å². The number of nitrogens with two attached hydrogens (primary N) is 1. The maximum Gasteiger partial charge on any atom is 0.244 e. The molecular weight excluding hydrogens is 394 g/mol. The van der Waals surface area contributed by atoms with Gasteiger partial charge in [0, 0.05) is 22.3 Å². The first kappa shape index (κ1) is 19.0. The van der Waals surface area contributed by atoms with Gasteiger partial charge in [0.05, 0.1) is 17.2 Å². The molecule has 1 atom stereocenters. The molecule has 3 aromatic rings. The second-order valence-electron chi connectivity index (χ2n) is 6.61. The summed E-state index contributed by atoms with van der Waals surface area (Å²) in [6, 6.07) is 13.3. The Labute approximate surface area is 170 Å². The van der Waals surface area contributed by atoms with Gasteiger partial charge in [-0.1, -0.05) is 23.8 Å². The normalized spacial score (nSPS) is 15.6. The first-order valence-electron chi connectivity index (χ1n) is 8.77. The number of aryl methyl sites for hydroxylation is 1. The fourth-order valence-electron chi connectivity index (χ4n) is 3.26. The van der Waals surface area contributed by atoms with Gasteiger partial charge >= 0.3 is 0 Å². The van der Waals surface area contributed by atoms with E-state index in [2.05, 4.69) is 10.2 Å². The lowest BCUT2D eigenvalue weighted by Gasteiger charge is -2.24. The zero-order chi connectivity index (χ0) is 20.5. The summed E-state index contributed by atoms with van der Waals surface area (Å²) in [6.07, 6.45) is 0. The zero-order valence-corrected chi connectivity index (χ0v) is 16.2. The van der Waals surface area contributed by atoms with Crippen LogP contribution in [0.25, 0.3) is 0 Å². The van der Waals surface area contributed by atoms with E-state index in [4.69, 9.17) is 10.5 Å². The summed E-state index contributed by atoms with van der Waals surface area (Å²) in [6.45, 7) is 2.01. The molecule has 2 heterocycles. The molecular formula is C21H16F2N4OS. The Bertz CT molecular complexity index is 1150. The predicted molar refractivity (Wildman–Crippen MR) is 105 cm³/mol. The number of benzene rings is 2. The van der Waals surface area contributed by atoms with E-state index < -0.39 is 17.6 Å². The van der Waals surface area contributed by atoms with E-state index >= 15 is 0 Å². The number of halogens is 2. The number of hydrogen-bond acceptors (Lipinski definition) is 5. The third-order valence-electron chi connectivity index (χ3n) is 4.70. The van der Waals surface area contributed by atoms with Crippen LogP contribution < -0.4 is 10.5 Å². The van der Waals surface area contributed by atoms with E-state index in [9.17, 15) is 14.0 Å². The smallest absolute Gasteiger partial charge is 0.244 e. The van der Waals surface area contributed by atoms with Gasteiger partial charge in [0.25, 0.3) is 0 Å². The molecule has 8 heteroatoms. The van der Waals surface area contributed by atoms with Crippen molar-refractivity contribution in [2.75, 3.05) is 0 Å². The number of H-pyrrole nitrogens is 1. The number of rotatable bonds is 4. The molecule has 2 aromatic carbocycles. The average Bonchev–Trinajstić information content (AvgIpc) is 3.09. The van der Waals surface area contributed by atoms with E-state index in [1.807, 2.05) is 37.3 Å². The van der Waals surface area contributed by atoms with Gasteiger partial charge in [-0.2, -0.15) is 5.26 Å². The van der Waals surface area contributed by atoms with E-state index in [1.165, 1.54) is 6.07 Å². The molecule has 29 heavy (non-hydrogen) atoms. The Kier molecular flexibility index (Phi) is 4.99. The van der Waals surface area contributed by atoms with Crippen molar-refractivity contribution < 1.29 is 13.5 Å². The Balaban J connectivity index is 1.75. The maximum absolute atomic E-state index is 14.6. The minimum absolute atomic E-state index is 0.0611. The van der Waals surface area contributed by atoms with E-state index in [1.54, 1.807) is 11.8 Å². The van der Waals surface area contributed by atoms with Crippen molar-refractivity contribution in [1.82, 2.24) is 10.2 Å².